The number of para-hydroxylation sites is 1. The summed E-state index contributed by atoms with van der Waals surface area (Å²) in [5.41, 5.74) is 10.2. The Morgan fingerprint density at radius 2 is 1.02 bits per heavy atom. The van der Waals surface area contributed by atoms with Crippen molar-refractivity contribution in [3.05, 3.63) is 119 Å². The maximum absolute atomic E-state index is 6.59. The molecule has 0 radical (unpaired) electrons. The van der Waals surface area contributed by atoms with Gasteiger partial charge in [-0.2, -0.15) is 0 Å². The summed E-state index contributed by atoms with van der Waals surface area (Å²) in [7, 11) is 0. The summed E-state index contributed by atoms with van der Waals surface area (Å²) in [4.78, 5) is 0. The predicted octanol–water partition coefficient (Wildman–Crippen LogP) is 10.0. The minimum absolute atomic E-state index is 0.575. The van der Waals surface area contributed by atoms with E-state index in [9.17, 15) is 0 Å². The van der Waals surface area contributed by atoms with E-state index in [2.05, 4.69) is 111 Å². The first-order valence-electron chi connectivity index (χ1n) is 14.0. The Hall–Kier alpha value is -4.82. The second kappa shape index (κ2) is 7.86. The van der Waals surface area contributed by atoms with Crippen molar-refractivity contribution in [3.8, 4) is 33.8 Å². The molecule has 7 aromatic rings. The van der Waals surface area contributed by atoms with E-state index in [0.717, 1.165) is 11.5 Å². The van der Waals surface area contributed by atoms with Crippen LogP contribution < -0.4 is 9.47 Å². The van der Waals surface area contributed by atoms with Crippen LogP contribution in [0.4, 0.5) is 0 Å². The first kappa shape index (κ1) is 22.0. The van der Waals surface area contributed by atoms with Crippen LogP contribution in [0.1, 0.15) is 22.3 Å². The molecule has 0 atom stereocenters. The first-order chi connectivity index (χ1) is 19.7. The van der Waals surface area contributed by atoms with E-state index in [4.69, 9.17) is 9.47 Å². The fourth-order valence-electron chi connectivity index (χ4n) is 7.24. The minimum Gasteiger partial charge on any atom is -0.488 e. The van der Waals surface area contributed by atoms with Gasteiger partial charge in [-0.1, -0.05) is 84.9 Å². The summed E-state index contributed by atoms with van der Waals surface area (Å²) in [6.07, 6.45) is 0. The third-order valence-electron chi connectivity index (χ3n) is 9.31. The molecule has 190 valence electrons. The Morgan fingerprint density at radius 1 is 0.450 bits per heavy atom. The Kier molecular flexibility index (Phi) is 4.33. The Labute approximate surface area is 232 Å². The van der Waals surface area contributed by atoms with Crippen LogP contribution in [0.25, 0.3) is 65.3 Å². The molecule has 2 heterocycles. The molecule has 0 N–H and O–H groups in total. The molecule has 40 heavy (non-hydrogen) atoms. The van der Waals surface area contributed by atoms with E-state index < -0.39 is 0 Å². The van der Waals surface area contributed by atoms with Gasteiger partial charge in [0.1, 0.15) is 24.7 Å². The lowest BCUT2D eigenvalue weighted by Gasteiger charge is -2.32. The van der Waals surface area contributed by atoms with Crippen molar-refractivity contribution in [2.24, 2.45) is 0 Å². The fourth-order valence-corrected chi connectivity index (χ4v) is 7.24. The van der Waals surface area contributed by atoms with Crippen LogP contribution >= 0.6 is 0 Å². The minimum atomic E-state index is 0.575. The van der Waals surface area contributed by atoms with E-state index >= 15 is 0 Å². The molecule has 0 saturated carbocycles. The zero-order chi connectivity index (χ0) is 26.5. The monoisotopic (exact) mass is 514 g/mol. The van der Waals surface area contributed by atoms with Gasteiger partial charge in [0.25, 0.3) is 0 Å². The van der Waals surface area contributed by atoms with Crippen LogP contribution in [0, 0.1) is 13.8 Å². The van der Waals surface area contributed by atoms with Crippen LogP contribution in [0.3, 0.4) is 0 Å². The molecule has 0 aliphatic carbocycles. The van der Waals surface area contributed by atoms with Gasteiger partial charge in [-0.3, -0.25) is 0 Å². The normalized spacial score (nSPS) is 13.4. The van der Waals surface area contributed by atoms with Crippen molar-refractivity contribution < 1.29 is 9.47 Å². The average Bonchev–Trinajstić information content (AvgIpc) is 3.01. The van der Waals surface area contributed by atoms with Gasteiger partial charge in [0.2, 0.25) is 0 Å². The lowest BCUT2D eigenvalue weighted by molar-refractivity contribution is 0.296. The molecular weight excluding hydrogens is 488 g/mol. The van der Waals surface area contributed by atoms with Crippen LogP contribution in [-0.4, -0.2) is 0 Å². The van der Waals surface area contributed by atoms with E-state index in [1.807, 2.05) is 0 Å². The molecule has 0 spiro atoms. The molecule has 2 heteroatoms. The topological polar surface area (TPSA) is 18.5 Å². The molecule has 2 nitrogen and oxygen atoms in total. The van der Waals surface area contributed by atoms with Gasteiger partial charge in [-0.25, -0.2) is 0 Å². The molecule has 9 rings (SSSR count). The third-order valence-corrected chi connectivity index (χ3v) is 9.31. The van der Waals surface area contributed by atoms with Gasteiger partial charge < -0.3 is 9.47 Å². The van der Waals surface area contributed by atoms with Crippen LogP contribution in [0.5, 0.6) is 11.5 Å². The smallest absolute Gasteiger partial charge is 0.128 e. The SMILES string of the molecule is Cc1c(C)c2c(c3c1COc1ccccc1-3)-c1c(ccc3ccc4ccc5ccc6ccccc6c5c4c13)OC2. The second-order valence-electron chi connectivity index (χ2n) is 11.2. The molecule has 0 fully saturated rings. The quantitative estimate of drug-likeness (QED) is 0.187. The largest absolute Gasteiger partial charge is 0.488 e. The van der Waals surface area contributed by atoms with Crippen molar-refractivity contribution in [1.82, 2.24) is 0 Å². The highest BCUT2D eigenvalue weighted by atomic mass is 16.5. The summed E-state index contributed by atoms with van der Waals surface area (Å²) in [6.45, 7) is 5.64. The molecule has 2 aliphatic heterocycles. The summed E-state index contributed by atoms with van der Waals surface area (Å²) in [6, 6.07) is 35.2. The zero-order valence-electron chi connectivity index (χ0n) is 22.5. The summed E-state index contributed by atoms with van der Waals surface area (Å²) in [5.74, 6) is 1.91. The fraction of sp³-hybridized carbons (Fsp3) is 0.105. The highest BCUT2D eigenvalue weighted by Crippen LogP contribution is 2.54. The molecule has 0 bridgehead atoms. The van der Waals surface area contributed by atoms with Gasteiger partial charge in [0.15, 0.2) is 0 Å². The van der Waals surface area contributed by atoms with Crippen molar-refractivity contribution in [2.45, 2.75) is 27.1 Å². The highest BCUT2D eigenvalue weighted by Gasteiger charge is 2.32. The zero-order valence-corrected chi connectivity index (χ0v) is 22.5. The standard InChI is InChI=1S/C38H26O2/c1-21-22(2)30-20-40-32-18-17-26-16-15-25-14-13-24-12-11-23-7-3-4-8-27(23)33(24)34(25)35(26)38(32)37(30)36-28-9-5-6-10-31(28)39-19-29(21)36/h3-18H,19-20H2,1-2H3. The second-order valence-corrected chi connectivity index (χ2v) is 11.2. The van der Waals surface area contributed by atoms with Gasteiger partial charge >= 0.3 is 0 Å². The van der Waals surface area contributed by atoms with Crippen LogP contribution in [0.15, 0.2) is 97.1 Å². The Bertz CT molecular complexity index is 2230. The summed E-state index contributed by atoms with van der Waals surface area (Å²) >= 11 is 0. The number of ether oxygens (including phenoxy) is 2. The third kappa shape index (κ3) is 2.78. The van der Waals surface area contributed by atoms with Gasteiger partial charge in [-0.05, 0) is 74.8 Å². The van der Waals surface area contributed by atoms with E-state index in [0.29, 0.717) is 13.2 Å². The van der Waals surface area contributed by atoms with Crippen molar-refractivity contribution in [1.29, 1.82) is 0 Å². The van der Waals surface area contributed by atoms with E-state index in [1.54, 1.807) is 0 Å². The number of hydrogen-bond donors (Lipinski definition) is 0. The number of fused-ring (bicyclic) bond motifs is 15. The van der Waals surface area contributed by atoms with E-state index in [-0.39, 0.29) is 0 Å². The molecular formula is C38H26O2. The van der Waals surface area contributed by atoms with Gasteiger partial charge in [-0.15, -0.1) is 0 Å². The number of benzene rings is 7. The lowest BCUT2D eigenvalue weighted by atomic mass is 9.78. The molecule has 0 saturated heterocycles. The Balaban J connectivity index is 1.55. The van der Waals surface area contributed by atoms with Gasteiger partial charge in [0, 0.05) is 38.8 Å². The van der Waals surface area contributed by atoms with Crippen LogP contribution in [-0.2, 0) is 13.2 Å². The number of rotatable bonds is 0. The number of hydrogen-bond acceptors (Lipinski definition) is 2. The summed E-state index contributed by atoms with van der Waals surface area (Å²) < 4.78 is 12.9. The molecule has 0 amide bonds. The Morgan fingerprint density at radius 3 is 1.82 bits per heavy atom. The van der Waals surface area contributed by atoms with Gasteiger partial charge in [0.05, 0.1) is 0 Å². The maximum atomic E-state index is 6.59. The van der Waals surface area contributed by atoms with Crippen LogP contribution in [0.2, 0.25) is 0 Å². The molecule has 7 aromatic carbocycles. The predicted molar refractivity (Wildman–Crippen MR) is 165 cm³/mol. The lowest BCUT2D eigenvalue weighted by Crippen LogP contribution is -2.16. The maximum Gasteiger partial charge on any atom is 0.128 e. The summed E-state index contributed by atoms with van der Waals surface area (Å²) in [5, 5.41) is 10.2. The van der Waals surface area contributed by atoms with Crippen molar-refractivity contribution in [3.63, 3.8) is 0 Å². The molecule has 0 unspecified atom stereocenters. The highest BCUT2D eigenvalue weighted by molar-refractivity contribution is 6.30. The molecule has 2 aliphatic rings. The van der Waals surface area contributed by atoms with Crippen molar-refractivity contribution in [2.75, 3.05) is 0 Å². The van der Waals surface area contributed by atoms with Crippen molar-refractivity contribution >= 4 is 43.1 Å². The average molecular weight is 515 g/mol. The first-order valence-corrected chi connectivity index (χ1v) is 14.0. The van der Waals surface area contributed by atoms with E-state index in [1.165, 1.54) is 87.6 Å². The molecule has 0 aromatic heterocycles.